The monoisotopic (exact) mass is 248 g/mol. The van der Waals surface area contributed by atoms with Gasteiger partial charge in [-0.05, 0) is 13.0 Å². The van der Waals surface area contributed by atoms with Gasteiger partial charge in [0.25, 0.3) is 0 Å². The Kier molecular flexibility index (Phi) is 4.12. The molecule has 0 bridgehead atoms. The standard InChI is InChI=1S/C13H16N2OS/c1-10(11-4-2-3-5-12(11)16)14-7-6-13-15-8-9-17-13/h2-5,8-10,14,16H,6-7H2,1H3. The average molecular weight is 248 g/mol. The van der Waals surface area contributed by atoms with E-state index in [2.05, 4.69) is 17.2 Å². The van der Waals surface area contributed by atoms with Gasteiger partial charge in [0.2, 0.25) is 0 Å². The summed E-state index contributed by atoms with van der Waals surface area (Å²) in [5, 5.41) is 16.2. The van der Waals surface area contributed by atoms with Gasteiger partial charge in [-0.1, -0.05) is 18.2 Å². The largest absolute Gasteiger partial charge is 0.508 e. The first-order valence-corrected chi connectivity index (χ1v) is 6.55. The van der Waals surface area contributed by atoms with Crippen LogP contribution in [-0.2, 0) is 6.42 Å². The van der Waals surface area contributed by atoms with Crippen molar-refractivity contribution in [3.63, 3.8) is 0 Å². The normalized spacial score (nSPS) is 12.5. The summed E-state index contributed by atoms with van der Waals surface area (Å²) in [5.41, 5.74) is 0.937. The molecule has 0 amide bonds. The lowest BCUT2D eigenvalue weighted by Crippen LogP contribution is -2.21. The first-order valence-electron chi connectivity index (χ1n) is 5.67. The summed E-state index contributed by atoms with van der Waals surface area (Å²) in [6, 6.07) is 7.58. The van der Waals surface area contributed by atoms with Crippen molar-refractivity contribution < 1.29 is 5.11 Å². The van der Waals surface area contributed by atoms with Crippen LogP contribution in [-0.4, -0.2) is 16.6 Å². The lowest BCUT2D eigenvalue weighted by Gasteiger charge is -2.14. The minimum absolute atomic E-state index is 0.149. The molecule has 2 aromatic rings. The van der Waals surface area contributed by atoms with E-state index in [9.17, 15) is 5.11 Å². The molecule has 0 aliphatic carbocycles. The summed E-state index contributed by atoms with van der Waals surface area (Å²) >= 11 is 1.67. The summed E-state index contributed by atoms with van der Waals surface area (Å²) in [4.78, 5) is 4.23. The van der Waals surface area contributed by atoms with Crippen LogP contribution >= 0.6 is 11.3 Å². The van der Waals surface area contributed by atoms with E-state index in [1.807, 2.05) is 29.8 Å². The highest BCUT2D eigenvalue weighted by Gasteiger charge is 2.08. The summed E-state index contributed by atoms with van der Waals surface area (Å²) in [6.07, 6.45) is 2.75. The Morgan fingerprint density at radius 3 is 2.94 bits per heavy atom. The Morgan fingerprint density at radius 1 is 1.41 bits per heavy atom. The molecule has 0 fully saturated rings. The van der Waals surface area contributed by atoms with E-state index >= 15 is 0 Å². The molecule has 0 aliphatic rings. The zero-order chi connectivity index (χ0) is 12.1. The van der Waals surface area contributed by atoms with Crippen LogP contribution in [0.5, 0.6) is 5.75 Å². The van der Waals surface area contributed by atoms with E-state index < -0.39 is 0 Å². The average Bonchev–Trinajstić information content (AvgIpc) is 2.82. The highest BCUT2D eigenvalue weighted by molar-refractivity contribution is 7.09. The van der Waals surface area contributed by atoms with Crippen molar-refractivity contribution in [2.75, 3.05) is 6.54 Å². The van der Waals surface area contributed by atoms with Crippen LogP contribution in [0.25, 0.3) is 0 Å². The zero-order valence-corrected chi connectivity index (χ0v) is 10.6. The van der Waals surface area contributed by atoms with E-state index in [1.54, 1.807) is 17.4 Å². The van der Waals surface area contributed by atoms with Gasteiger partial charge in [-0.15, -0.1) is 11.3 Å². The number of aromatic nitrogens is 1. The lowest BCUT2D eigenvalue weighted by atomic mass is 10.1. The van der Waals surface area contributed by atoms with E-state index in [-0.39, 0.29) is 6.04 Å². The van der Waals surface area contributed by atoms with Gasteiger partial charge in [0.05, 0.1) is 5.01 Å². The molecule has 0 saturated heterocycles. The Labute approximate surface area is 105 Å². The number of rotatable bonds is 5. The summed E-state index contributed by atoms with van der Waals surface area (Å²) in [5.74, 6) is 0.349. The number of phenolic OH excluding ortho intramolecular Hbond substituents is 1. The minimum atomic E-state index is 0.149. The molecular formula is C13H16N2OS. The fourth-order valence-corrected chi connectivity index (χ4v) is 2.36. The second kappa shape index (κ2) is 5.80. The van der Waals surface area contributed by atoms with Gasteiger partial charge in [-0.2, -0.15) is 0 Å². The summed E-state index contributed by atoms with van der Waals surface area (Å²) in [6.45, 7) is 2.92. The number of aromatic hydroxyl groups is 1. The lowest BCUT2D eigenvalue weighted by molar-refractivity contribution is 0.453. The maximum Gasteiger partial charge on any atom is 0.120 e. The van der Waals surface area contributed by atoms with Crippen molar-refractivity contribution in [1.82, 2.24) is 10.3 Å². The highest BCUT2D eigenvalue weighted by atomic mass is 32.1. The number of nitrogens with one attached hydrogen (secondary N) is 1. The maximum absolute atomic E-state index is 9.71. The Hall–Kier alpha value is -1.39. The third-order valence-electron chi connectivity index (χ3n) is 2.68. The van der Waals surface area contributed by atoms with Crippen LogP contribution in [0.4, 0.5) is 0 Å². The number of hydrogen-bond donors (Lipinski definition) is 2. The molecule has 1 aromatic heterocycles. The number of hydrogen-bond acceptors (Lipinski definition) is 4. The van der Waals surface area contributed by atoms with Crippen molar-refractivity contribution in [2.24, 2.45) is 0 Å². The molecule has 90 valence electrons. The molecule has 2 N–H and O–H groups in total. The van der Waals surface area contributed by atoms with Crippen LogP contribution in [0, 0.1) is 0 Å². The fraction of sp³-hybridized carbons (Fsp3) is 0.308. The molecule has 0 spiro atoms. The van der Waals surface area contributed by atoms with Crippen molar-refractivity contribution in [1.29, 1.82) is 0 Å². The molecule has 4 heteroatoms. The fourth-order valence-electron chi connectivity index (χ4n) is 1.74. The van der Waals surface area contributed by atoms with Gasteiger partial charge in [0, 0.05) is 36.1 Å². The third-order valence-corrected chi connectivity index (χ3v) is 3.52. The van der Waals surface area contributed by atoms with Gasteiger partial charge in [0.1, 0.15) is 5.75 Å². The number of para-hydroxylation sites is 1. The van der Waals surface area contributed by atoms with E-state index in [1.165, 1.54) is 0 Å². The first kappa shape index (κ1) is 12.1. The Balaban J connectivity index is 1.85. The van der Waals surface area contributed by atoms with Crippen molar-refractivity contribution in [2.45, 2.75) is 19.4 Å². The predicted octanol–water partition coefficient (Wildman–Crippen LogP) is 2.74. The molecule has 17 heavy (non-hydrogen) atoms. The second-order valence-electron chi connectivity index (χ2n) is 3.91. The molecule has 1 heterocycles. The smallest absolute Gasteiger partial charge is 0.120 e. The van der Waals surface area contributed by atoms with E-state index in [0.717, 1.165) is 23.5 Å². The number of phenols is 1. The maximum atomic E-state index is 9.71. The first-order chi connectivity index (χ1) is 8.27. The van der Waals surface area contributed by atoms with Crippen LogP contribution in [0.1, 0.15) is 23.5 Å². The van der Waals surface area contributed by atoms with Gasteiger partial charge < -0.3 is 10.4 Å². The van der Waals surface area contributed by atoms with E-state index in [4.69, 9.17) is 0 Å². The van der Waals surface area contributed by atoms with Gasteiger partial charge >= 0.3 is 0 Å². The number of benzene rings is 1. The third kappa shape index (κ3) is 3.28. The topological polar surface area (TPSA) is 45.2 Å². The molecule has 1 aromatic carbocycles. The molecule has 3 nitrogen and oxygen atoms in total. The molecule has 0 radical (unpaired) electrons. The van der Waals surface area contributed by atoms with Crippen molar-refractivity contribution in [3.05, 3.63) is 46.4 Å². The molecule has 1 unspecified atom stereocenters. The Bertz CT molecular complexity index is 456. The molecule has 1 atom stereocenters. The van der Waals surface area contributed by atoms with Crippen LogP contribution in [0.2, 0.25) is 0 Å². The van der Waals surface area contributed by atoms with Crippen LogP contribution < -0.4 is 5.32 Å². The van der Waals surface area contributed by atoms with Crippen molar-refractivity contribution >= 4 is 11.3 Å². The SMILES string of the molecule is CC(NCCc1nccs1)c1ccccc1O. The van der Waals surface area contributed by atoms with E-state index in [0.29, 0.717) is 5.75 Å². The van der Waals surface area contributed by atoms with Gasteiger partial charge in [-0.25, -0.2) is 4.98 Å². The van der Waals surface area contributed by atoms with Crippen molar-refractivity contribution in [3.8, 4) is 5.75 Å². The second-order valence-corrected chi connectivity index (χ2v) is 4.89. The van der Waals surface area contributed by atoms with Crippen LogP contribution in [0.3, 0.4) is 0 Å². The minimum Gasteiger partial charge on any atom is -0.508 e. The molecular weight excluding hydrogens is 232 g/mol. The summed E-state index contributed by atoms with van der Waals surface area (Å²) < 4.78 is 0. The zero-order valence-electron chi connectivity index (χ0n) is 9.76. The molecule has 2 rings (SSSR count). The quantitative estimate of drug-likeness (QED) is 0.855. The predicted molar refractivity (Wildman–Crippen MR) is 70.3 cm³/mol. The number of thiazole rings is 1. The Morgan fingerprint density at radius 2 is 2.24 bits per heavy atom. The molecule has 0 aliphatic heterocycles. The summed E-state index contributed by atoms with van der Waals surface area (Å²) in [7, 11) is 0. The number of nitrogens with zero attached hydrogens (tertiary/aromatic N) is 1. The van der Waals surface area contributed by atoms with Gasteiger partial charge in [0.15, 0.2) is 0 Å². The molecule has 0 saturated carbocycles. The van der Waals surface area contributed by atoms with Crippen LogP contribution in [0.15, 0.2) is 35.8 Å². The van der Waals surface area contributed by atoms with Gasteiger partial charge in [-0.3, -0.25) is 0 Å². The highest BCUT2D eigenvalue weighted by Crippen LogP contribution is 2.22.